The average Bonchev–Trinajstić information content (AvgIpc) is 2.31. The van der Waals surface area contributed by atoms with Crippen molar-refractivity contribution in [3.63, 3.8) is 0 Å². The van der Waals surface area contributed by atoms with Gasteiger partial charge >= 0.3 is 0 Å². The Labute approximate surface area is 95.1 Å². The summed E-state index contributed by atoms with van der Waals surface area (Å²) in [6.07, 6.45) is 5.44. The molecular weight excluding hydrogens is 202 g/mol. The molecule has 0 unspecified atom stereocenters. The van der Waals surface area contributed by atoms with Gasteiger partial charge in [0.2, 0.25) is 0 Å². The lowest BCUT2D eigenvalue weighted by Gasteiger charge is -2.04. The third kappa shape index (κ3) is 2.79. The number of hydrogen-bond donors (Lipinski definition) is 1. The molecule has 16 heavy (non-hydrogen) atoms. The van der Waals surface area contributed by atoms with E-state index in [9.17, 15) is 9.90 Å². The van der Waals surface area contributed by atoms with Crippen LogP contribution in [0.2, 0.25) is 0 Å². The summed E-state index contributed by atoms with van der Waals surface area (Å²) in [6.45, 7) is 2.03. The maximum Gasteiger partial charge on any atom is 0.150 e. The molecule has 0 aliphatic carbocycles. The van der Waals surface area contributed by atoms with Crippen LogP contribution in [0.5, 0.6) is 5.75 Å². The maximum absolute atomic E-state index is 10.5. The van der Waals surface area contributed by atoms with E-state index < -0.39 is 0 Å². The number of carbonyl (C=O) groups is 1. The first kappa shape index (κ1) is 12.2. The zero-order chi connectivity index (χ0) is 12.0. The van der Waals surface area contributed by atoms with Gasteiger partial charge in [0.15, 0.2) is 0 Å². The van der Waals surface area contributed by atoms with Crippen LogP contribution in [-0.4, -0.2) is 24.2 Å². The Kier molecular flexibility index (Phi) is 4.45. The lowest BCUT2D eigenvalue weighted by molar-refractivity contribution is 0.112. The molecule has 84 valence electrons. The molecule has 0 spiro atoms. The van der Waals surface area contributed by atoms with Gasteiger partial charge in [0.1, 0.15) is 12.0 Å². The van der Waals surface area contributed by atoms with Crippen LogP contribution in [0.15, 0.2) is 35.3 Å². The predicted octanol–water partition coefficient (Wildman–Crippen LogP) is 2.59. The summed E-state index contributed by atoms with van der Waals surface area (Å²) in [5.74, 6) is 0.0750. The van der Waals surface area contributed by atoms with E-state index in [1.54, 1.807) is 19.2 Å². The number of phenols is 1. The van der Waals surface area contributed by atoms with E-state index in [-0.39, 0.29) is 5.75 Å². The maximum atomic E-state index is 10.5. The molecule has 0 saturated heterocycles. The Morgan fingerprint density at radius 2 is 2.25 bits per heavy atom. The highest BCUT2D eigenvalue weighted by Gasteiger charge is 2.06. The number of aliphatic imine (C=N–C) groups is 1. The SMILES string of the molecule is CC/C=C\C(=NC)c1ccc(C=O)cc1O. The number of benzene rings is 1. The number of nitrogens with zero attached hydrogens (tertiary/aromatic N) is 1. The first-order chi connectivity index (χ1) is 7.72. The lowest BCUT2D eigenvalue weighted by Crippen LogP contribution is -1.98. The third-order valence-corrected chi connectivity index (χ3v) is 2.19. The summed E-state index contributed by atoms with van der Waals surface area (Å²) in [7, 11) is 1.67. The number of carbonyl (C=O) groups excluding carboxylic acids is 1. The van der Waals surface area contributed by atoms with E-state index in [4.69, 9.17) is 0 Å². The van der Waals surface area contributed by atoms with Gasteiger partial charge in [-0.15, -0.1) is 0 Å². The number of aldehydes is 1. The first-order valence-corrected chi connectivity index (χ1v) is 5.14. The predicted molar refractivity (Wildman–Crippen MR) is 65.4 cm³/mol. The molecule has 3 nitrogen and oxygen atoms in total. The first-order valence-electron chi connectivity index (χ1n) is 5.14. The van der Waals surface area contributed by atoms with Crippen molar-refractivity contribution in [2.75, 3.05) is 7.05 Å². The number of hydrogen-bond acceptors (Lipinski definition) is 3. The second-order valence-corrected chi connectivity index (χ2v) is 3.31. The van der Waals surface area contributed by atoms with Crippen molar-refractivity contribution in [1.82, 2.24) is 0 Å². The van der Waals surface area contributed by atoms with Crippen LogP contribution in [0.1, 0.15) is 29.3 Å². The number of phenolic OH excluding ortho intramolecular Hbond substituents is 1. The fraction of sp³-hybridized carbons (Fsp3) is 0.231. The van der Waals surface area contributed by atoms with Crippen molar-refractivity contribution in [3.05, 3.63) is 41.5 Å². The topological polar surface area (TPSA) is 49.7 Å². The van der Waals surface area contributed by atoms with Gasteiger partial charge < -0.3 is 5.11 Å². The molecule has 0 saturated carbocycles. The van der Waals surface area contributed by atoms with Crippen LogP contribution in [0, 0.1) is 0 Å². The van der Waals surface area contributed by atoms with E-state index in [0.29, 0.717) is 23.1 Å². The van der Waals surface area contributed by atoms with Gasteiger partial charge in [0.05, 0.1) is 5.71 Å². The Morgan fingerprint density at radius 1 is 1.50 bits per heavy atom. The molecule has 1 aromatic carbocycles. The van der Waals surface area contributed by atoms with Gasteiger partial charge in [-0.1, -0.05) is 19.1 Å². The largest absolute Gasteiger partial charge is 0.507 e. The highest BCUT2D eigenvalue weighted by Crippen LogP contribution is 2.19. The molecule has 0 aromatic heterocycles. The van der Waals surface area contributed by atoms with Gasteiger partial charge in [-0.25, -0.2) is 0 Å². The van der Waals surface area contributed by atoms with E-state index in [0.717, 1.165) is 6.42 Å². The van der Waals surface area contributed by atoms with Crippen molar-refractivity contribution in [2.45, 2.75) is 13.3 Å². The van der Waals surface area contributed by atoms with Crippen molar-refractivity contribution in [2.24, 2.45) is 4.99 Å². The van der Waals surface area contributed by atoms with Crippen LogP contribution >= 0.6 is 0 Å². The van der Waals surface area contributed by atoms with Crippen LogP contribution in [-0.2, 0) is 0 Å². The number of aromatic hydroxyl groups is 1. The third-order valence-electron chi connectivity index (χ3n) is 2.19. The zero-order valence-corrected chi connectivity index (χ0v) is 9.47. The fourth-order valence-corrected chi connectivity index (χ4v) is 1.35. The van der Waals surface area contributed by atoms with E-state index in [2.05, 4.69) is 4.99 Å². The highest BCUT2D eigenvalue weighted by molar-refractivity contribution is 6.10. The Hall–Kier alpha value is -1.90. The molecule has 0 amide bonds. The molecule has 0 radical (unpaired) electrons. The van der Waals surface area contributed by atoms with Crippen molar-refractivity contribution >= 4 is 12.0 Å². The minimum absolute atomic E-state index is 0.0750. The van der Waals surface area contributed by atoms with E-state index >= 15 is 0 Å². The summed E-state index contributed by atoms with van der Waals surface area (Å²) in [5.41, 5.74) is 1.80. The minimum atomic E-state index is 0.0750. The van der Waals surface area contributed by atoms with Gasteiger partial charge in [-0.3, -0.25) is 9.79 Å². The standard InChI is InChI=1S/C13H15NO2/c1-3-4-5-12(14-2)11-7-6-10(9-15)8-13(11)16/h4-9,16H,3H2,1-2H3/b5-4-,14-12?. The summed E-state index contributed by atoms with van der Waals surface area (Å²) in [4.78, 5) is 14.6. The molecule has 0 fully saturated rings. The molecule has 1 aromatic rings. The second kappa shape index (κ2) is 5.85. The number of rotatable bonds is 4. The van der Waals surface area contributed by atoms with Crippen LogP contribution in [0.4, 0.5) is 0 Å². The van der Waals surface area contributed by atoms with Crippen LogP contribution in [0.3, 0.4) is 0 Å². The quantitative estimate of drug-likeness (QED) is 0.622. The second-order valence-electron chi connectivity index (χ2n) is 3.31. The summed E-state index contributed by atoms with van der Waals surface area (Å²) >= 11 is 0. The Balaban J connectivity index is 3.12. The van der Waals surface area contributed by atoms with Crippen LogP contribution < -0.4 is 0 Å². The molecule has 1 rings (SSSR count). The molecule has 1 N–H and O–H groups in total. The molecule has 0 heterocycles. The molecule has 0 bridgehead atoms. The van der Waals surface area contributed by atoms with Crippen molar-refractivity contribution < 1.29 is 9.90 Å². The average molecular weight is 217 g/mol. The lowest BCUT2D eigenvalue weighted by atomic mass is 10.1. The monoisotopic (exact) mass is 217 g/mol. The van der Waals surface area contributed by atoms with Crippen molar-refractivity contribution in [1.29, 1.82) is 0 Å². The molecule has 0 atom stereocenters. The fourth-order valence-electron chi connectivity index (χ4n) is 1.35. The summed E-state index contributed by atoms with van der Waals surface area (Å²) in [5, 5.41) is 9.75. The van der Waals surface area contributed by atoms with Gasteiger partial charge in [-0.2, -0.15) is 0 Å². The Morgan fingerprint density at radius 3 is 2.75 bits per heavy atom. The van der Waals surface area contributed by atoms with Gasteiger partial charge in [0, 0.05) is 18.2 Å². The van der Waals surface area contributed by atoms with Gasteiger partial charge in [0.25, 0.3) is 0 Å². The molecule has 3 heteroatoms. The highest BCUT2D eigenvalue weighted by atomic mass is 16.3. The number of allylic oxidation sites excluding steroid dienone is 2. The van der Waals surface area contributed by atoms with Crippen LogP contribution in [0.25, 0.3) is 0 Å². The molecule has 0 aliphatic rings. The van der Waals surface area contributed by atoms with Crippen molar-refractivity contribution in [3.8, 4) is 5.75 Å². The smallest absolute Gasteiger partial charge is 0.150 e. The van der Waals surface area contributed by atoms with E-state index in [1.807, 2.05) is 19.1 Å². The molecular formula is C13H15NO2. The molecule has 0 aliphatic heterocycles. The summed E-state index contributed by atoms with van der Waals surface area (Å²) in [6, 6.07) is 4.79. The Bertz CT molecular complexity index is 434. The van der Waals surface area contributed by atoms with Gasteiger partial charge in [-0.05, 0) is 24.6 Å². The minimum Gasteiger partial charge on any atom is -0.507 e. The van der Waals surface area contributed by atoms with E-state index in [1.165, 1.54) is 6.07 Å². The normalized spacial score (nSPS) is 12.0. The zero-order valence-electron chi connectivity index (χ0n) is 9.47. The summed E-state index contributed by atoms with van der Waals surface area (Å²) < 4.78 is 0.